The standard InChI is InChI=1S/C8H11N3/c1-7-6-10-11(2)8(7)4-3-5-9/h6H,3-4H2,1-2H3. The van der Waals surface area contributed by atoms with E-state index in [1.807, 2.05) is 24.9 Å². The van der Waals surface area contributed by atoms with Crippen molar-refractivity contribution in [1.82, 2.24) is 9.78 Å². The van der Waals surface area contributed by atoms with Crippen molar-refractivity contribution in [1.29, 1.82) is 5.26 Å². The van der Waals surface area contributed by atoms with Gasteiger partial charge in [-0.1, -0.05) is 0 Å². The lowest BCUT2D eigenvalue weighted by Crippen LogP contribution is -1.98. The highest BCUT2D eigenvalue weighted by atomic mass is 15.3. The molecule has 3 heteroatoms. The molecule has 0 saturated carbocycles. The number of aromatic nitrogens is 2. The first-order valence-corrected chi connectivity index (χ1v) is 3.60. The zero-order valence-electron chi connectivity index (χ0n) is 6.83. The quantitative estimate of drug-likeness (QED) is 0.633. The van der Waals surface area contributed by atoms with Crippen LogP contribution < -0.4 is 0 Å². The van der Waals surface area contributed by atoms with Crippen LogP contribution in [0.4, 0.5) is 0 Å². The minimum absolute atomic E-state index is 0.570. The molecule has 0 amide bonds. The molecule has 0 aliphatic rings. The third kappa shape index (κ3) is 1.58. The molecular weight excluding hydrogens is 138 g/mol. The fourth-order valence-corrected chi connectivity index (χ4v) is 1.11. The van der Waals surface area contributed by atoms with Crippen LogP contribution in [0.5, 0.6) is 0 Å². The molecule has 0 radical (unpaired) electrons. The minimum Gasteiger partial charge on any atom is -0.272 e. The molecule has 1 rings (SSSR count). The Bertz CT molecular complexity index is 261. The summed E-state index contributed by atoms with van der Waals surface area (Å²) in [5.41, 5.74) is 2.33. The maximum atomic E-state index is 8.37. The summed E-state index contributed by atoms with van der Waals surface area (Å²) in [6.07, 6.45) is 3.20. The van der Waals surface area contributed by atoms with Crippen LogP contribution in [-0.4, -0.2) is 9.78 Å². The van der Waals surface area contributed by atoms with E-state index in [4.69, 9.17) is 5.26 Å². The Kier molecular flexibility index (Phi) is 2.27. The average molecular weight is 149 g/mol. The summed E-state index contributed by atoms with van der Waals surface area (Å²) < 4.78 is 1.83. The molecule has 0 unspecified atom stereocenters. The number of rotatable bonds is 2. The zero-order valence-corrected chi connectivity index (χ0v) is 6.83. The van der Waals surface area contributed by atoms with Crippen LogP contribution >= 0.6 is 0 Å². The summed E-state index contributed by atoms with van der Waals surface area (Å²) in [6.45, 7) is 2.01. The largest absolute Gasteiger partial charge is 0.272 e. The van der Waals surface area contributed by atoms with Crippen molar-refractivity contribution in [3.63, 3.8) is 0 Å². The van der Waals surface area contributed by atoms with Crippen molar-refractivity contribution in [3.05, 3.63) is 17.5 Å². The normalized spacial score (nSPS) is 9.55. The van der Waals surface area contributed by atoms with Gasteiger partial charge in [-0.3, -0.25) is 4.68 Å². The first kappa shape index (κ1) is 7.80. The number of aryl methyl sites for hydroxylation is 2. The van der Waals surface area contributed by atoms with Gasteiger partial charge < -0.3 is 0 Å². The summed E-state index contributed by atoms with van der Waals surface area (Å²) >= 11 is 0. The summed E-state index contributed by atoms with van der Waals surface area (Å²) in [5, 5.41) is 12.4. The number of hydrogen-bond donors (Lipinski definition) is 0. The van der Waals surface area contributed by atoms with Gasteiger partial charge in [0.2, 0.25) is 0 Å². The Hall–Kier alpha value is -1.30. The summed E-state index contributed by atoms with van der Waals surface area (Å²) in [4.78, 5) is 0. The monoisotopic (exact) mass is 149 g/mol. The molecule has 1 aromatic heterocycles. The molecule has 0 saturated heterocycles. The smallest absolute Gasteiger partial charge is 0.0625 e. The molecule has 0 aromatic carbocycles. The summed E-state index contributed by atoms with van der Waals surface area (Å²) in [6, 6.07) is 2.12. The van der Waals surface area contributed by atoms with Gasteiger partial charge in [0.25, 0.3) is 0 Å². The van der Waals surface area contributed by atoms with Crippen molar-refractivity contribution in [3.8, 4) is 6.07 Å². The highest BCUT2D eigenvalue weighted by Crippen LogP contribution is 2.07. The van der Waals surface area contributed by atoms with Crippen LogP contribution in [0.25, 0.3) is 0 Å². The van der Waals surface area contributed by atoms with Crippen LogP contribution in [0.15, 0.2) is 6.20 Å². The van der Waals surface area contributed by atoms with Gasteiger partial charge in [-0.25, -0.2) is 0 Å². The Morgan fingerprint density at radius 1 is 1.73 bits per heavy atom. The number of nitrogens with zero attached hydrogens (tertiary/aromatic N) is 3. The molecule has 0 bridgehead atoms. The SMILES string of the molecule is Cc1cnn(C)c1CCC#N. The lowest BCUT2D eigenvalue weighted by molar-refractivity contribution is 0.706. The Labute approximate surface area is 66.3 Å². The first-order valence-electron chi connectivity index (χ1n) is 3.60. The van der Waals surface area contributed by atoms with Gasteiger partial charge in [-0.2, -0.15) is 10.4 Å². The Balaban J connectivity index is 2.77. The lowest BCUT2D eigenvalue weighted by Gasteiger charge is -1.98. The van der Waals surface area contributed by atoms with E-state index < -0.39 is 0 Å². The second-order valence-corrected chi connectivity index (χ2v) is 2.56. The lowest BCUT2D eigenvalue weighted by atomic mass is 10.2. The van der Waals surface area contributed by atoms with E-state index in [0.717, 1.165) is 12.1 Å². The van der Waals surface area contributed by atoms with Gasteiger partial charge in [0, 0.05) is 25.6 Å². The first-order chi connectivity index (χ1) is 5.25. The van der Waals surface area contributed by atoms with E-state index in [1.165, 1.54) is 5.56 Å². The van der Waals surface area contributed by atoms with Crippen LogP contribution in [0.3, 0.4) is 0 Å². The average Bonchev–Trinajstić information content (AvgIpc) is 2.29. The highest BCUT2D eigenvalue weighted by molar-refractivity contribution is 5.15. The van der Waals surface area contributed by atoms with Gasteiger partial charge in [0.15, 0.2) is 0 Å². The molecule has 0 aliphatic heterocycles. The van der Waals surface area contributed by atoms with Crippen LogP contribution in [0, 0.1) is 18.3 Å². The second-order valence-electron chi connectivity index (χ2n) is 2.56. The summed E-state index contributed by atoms with van der Waals surface area (Å²) in [7, 11) is 1.90. The Morgan fingerprint density at radius 2 is 2.45 bits per heavy atom. The predicted molar refractivity (Wildman–Crippen MR) is 41.9 cm³/mol. The van der Waals surface area contributed by atoms with Gasteiger partial charge in [0.1, 0.15) is 0 Å². The van der Waals surface area contributed by atoms with Crippen molar-refractivity contribution < 1.29 is 0 Å². The van der Waals surface area contributed by atoms with Crippen LogP contribution in [0.1, 0.15) is 17.7 Å². The zero-order chi connectivity index (χ0) is 8.27. The van der Waals surface area contributed by atoms with Gasteiger partial charge in [-0.15, -0.1) is 0 Å². The maximum absolute atomic E-state index is 8.37. The predicted octanol–water partition coefficient (Wildman–Crippen LogP) is 1.18. The molecule has 0 spiro atoms. The van der Waals surface area contributed by atoms with Gasteiger partial charge in [0.05, 0.1) is 12.3 Å². The molecule has 1 aromatic rings. The topological polar surface area (TPSA) is 41.6 Å². The second kappa shape index (κ2) is 3.20. The van der Waals surface area contributed by atoms with E-state index >= 15 is 0 Å². The van der Waals surface area contributed by atoms with Crippen LogP contribution in [0.2, 0.25) is 0 Å². The molecule has 3 nitrogen and oxygen atoms in total. The molecule has 1 heterocycles. The van der Waals surface area contributed by atoms with Gasteiger partial charge in [-0.05, 0) is 12.5 Å². The summed E-state index contributed by atoms with van der Waals surface area (Å²) in [5.74, 6) is 0. The molecule has 11 heavy (non-hydrogen) atoms. The van der Waals surface area contributed by atoms with E-state index in [-0.39, 0.29) is 0 Å². The third-order valence-corrected chi connectivity index (χ3v) is 1.74. The van der Waals surface area contributed by atoms with Gasteiger partial charge >= 0.3 is 0 Å². The molecule has 0 fully saturated rings. The van der Waals surface area contributed by atoms with Crippen LogP contribution in [-0.2, 0) is 13.5 Å². The molecular formula is C8H11N3. The molecule has 58 valence electrons. The molecule has 0 N–H and O–H groups in total. The minimum atomic E-state index is 0.570. The third-order valence-electron chi connectivity index (χ3n) is 1.74. The number of nitriles is 1. The molecule has 0 atom stereocenters. The maximum Gasteiger partial charge on any atom is 0.0625 e. The van der Waals surface area contributed by atoms with Crippen molar-refractivity contribution in [2.45, 2.75) is 19.8 Å². The highest BCUT2D eigenvalue weighted by Gasteiger charge is 2.02. The fraction of sp³-hybridized carbons (Fsp3) is 0.500. The Morgan fingerprint density at radius 3 is 2.91 bits per heavy atom. The van der Waals surface area contributed by atoms with Crippen molar-refractivity contribution in [2.75, 3.05) is 0 Å². The molecule has 0 aliphatic carbocycles. The van der Waals surface area contributed by atoms with E-state index in [9.17, 15) is 0 Å². The van der Waals surface area contributed by atoms with Crippen molar-refractivity contribution >= 4 is 0 Å². The number of hydrogen-bond acceptors (Lipinski definition) is 2. The van der Waals surface area contributed by atoms with E-state index in [1.54, 1.807) is 0 Å². The van der Waals surface area contributed by atoms with E-state index in [0.29, 0.717) is 6.42 Å². The fourth-order valence-electron chi connectivity index (χ4n) is 1.11. The van der Waals surface area contributed by atoms with Crippen molar-refractivity contribution in [2.24, 2.45) is 7.05 Å². The van der Waals surface area contributed by atoms with E-state index in [2.05, 4.69) is 11.2 Å².